The van der Waals surface area contributed by atoms with Crippen molar-refractivity contribution in [1.29, 1.82) is 0 Å². The molecule has 4 rings (SSSR count). The minimum Gasteiger partial charge on any atom is -0.278 e. The zero-order valence-corrected chi connectivity index (χ0v) is 18.8. The van der Waals surface area contributed by atoms with Gasteiger partial charge in [-0.25, -0.2) is 16.8 Å². The van der Waals surface area contributed by atoms with Crippen LogP contribution in [0.4, 0.5) is 5.69 Å². The number of anilines is 1. The lowest BCUT2D eigenvalue weighted by atomic mass is 10.1. The third-order valence-corrected chi connectivity index (χ3v) is 8.51. The second-order valence-electron chi connectivity index (χ2n) is 6.65. The maximum absolute atomic E-state index is 12.7. The Balaban J connectivity index is 1.53. The molecule has 0 aliphatic rings. The van der Waals surface area contributed by atoms with Crippen molar-refractivity contribution in [3.8, 4) is 0 Å². The summed E-state index contributed by atoms with van der Waals surface area (Å²) in [5.74, 6) is -0.821. The van der Waals surface area contributed by atoms with E-state index in [9.17, 15) is 21.6 Å². The van der Waals surface area contributed by atoms with Gasteiger partial charge in [-0.1, -0.05) is 48.5 Å². The van der Waals surface area contributed by atoms with Gasteiger partial charge in [-0.2, -0.15) is 0 Å². The summed E-state index contributed by atoms with van der Waals surface area (Å²) >= 11 is 1.03. The Morgan fingerprint density at radius 1 is 0.750 bits per heavy atom. The van der Waals surface area contributed by atoms with Crippen molar-refractivity contribution in [2.24, 2.45) is 0 Å². The standard InChI is InChI=1S/C21H17N3O5S3/c25-21(18-8-3-4-9-19(18)23-32(28,29)20-10-5-13-30-20)22-24-31(26,27)17-12-11-15-6-1-2-7-16(15)14-17/h1-14,23-24H,(H,22,25). The van der Waals surface area contributed by atoms with Gasteiger partial charge in [-0.3, -0.25) is 14.9 Å². The molecule has 0 saturated carbocycles. The van der Waals surface area contributed by atoms with E-state index in [2.05, 4.69) is 15.0 Å². The van der Waals surface area contributed by atoms with Crippen molar-refractivity contribution in [1.82, 2.24) is 10.3 Å². The molecule has 0 atom stereocenters. The number of benzene rings is 3. The third kappa shape index (κ3) is 4.65. The summed E-state index contributed by atoms with van der Waals surface area (Å²) in [4.78, 5) is 14.7. The molecule has 32 heavy (non-hydrogen) atoms. The first-order chi connectivity index (χ1) is 15.3. The van der Waals surface area contributed by atoms with E-state index >= 15 is 0 Å². The Bertz CT molecular complexity index is 1500. The van der Waals surface area contributed by atoms with Gasteiger partial charge in [-0.15, -0.1) is 16.2 Å². The summed E-state index contributed by atoms with van der Waals surface area (Å²) in [6.07, 6.45) is 0. The molecular formula is C21H17N3O5S3. The van der Waals surface area contributed by atoms with Crippen molar-refractivity contribution >= 4 is 53.8 Å². The number of hydrogen-bond donors (Lipinski definition) is 3. The third-order valence-electron chi connectivity index (χ3n) is 4.51. The van der Waals surface area contributed by atoms with Crippen LogP contribution in [0, 0.1) is 0 Å². The summed E-state index contributed by atoms with van der Waals surface area (Å²) in [6, 6.07) is 20.8. The van der Waals surface area contributed by atoms with Crippen LogP contribution >= 0.6 is 11.3 Å². The Hall–Kier alpha value is -3.25. The van der Waals surface area contributed by atoms with Gasteiger partial charge in [-0.05, 0) is 46.5 Å². The molecule has 1 aromatic heterocycles. The van der Waals surface area contributed by atoms with Crippen LogP contribution in [0.15, 0.2) is 93.3 Å². The minimum atomic E-state index is -4.06. The topological polar surface area (TPSA) is 121 Å². The highest BCUT2D eigenvalue weighted by atomic mass is 32.2. The van der Waals surface area contributed by atoms with Crippen molar-refractivity contribution < 1.29 is 21.6 Å². The molecule has 1 amide bonds. The maximum Gasteiger partial charge on any atom is 0.271 e. The van der Waals surface area contributed by atoms with Gasteiger partial charge in [0.15, 0.2) is 0 Å². The maximum atomic E-state index is 12.7. The first-order valence-corrected chi connectivity index (χ1v) is 13.1. The van der Waals surface area contributed by atoms with Crippen LogP contribution in [0.3, 0.4) is 0 Å². The first kappa shape index (κ1) is 22.0. The van der Waals surface area contributed by atoms with Gasteiger partial charge in [0.05, 0.1) is 16.1 Å². The summed E-state index contributed by atoms with van der Waals surface area (Å²) in [6.45, 7) is 0. The minimum absolute atomic E-state index is 0.0169. The lowest BCUT2D eigenvalue weighted by Crippen LogP contribution is -2.41. The van der Waals surface area contributed by atoms with E-state index in [1.54, 1.807) is 35.7 Å². The molecule has 0 aliphatic heterocycles. The highest BCUT2D eigenvalue weighted by molar-refractivity contribution is 7.94. The van der Waals surface area contributed by atoms with Crippen LogP contribution in [0.5, 0.6) is 0 Å². The molecule has 0 fully saturated rings. The van der Waals surface area contributed by atoms with Crippen LogP contribution in [0.2, 0.25) is 0 Å². The van der Waals surface area contributed by atoms with E-state index in [0.717, 1.165) is 22.1 Å². The van der Waals surface area contributed by atoms with Crippen molar-refractivity contribution in [2.75, 3.05) is 4.72 Å². The molecule has 0 spiro atoms. The number of carbonyl (C=O) groups is 1. The van der Waals surface area contributed by atoms with Crippen molar-refractivity contribution in [2.45, 2.75) is 9.10 Å². The molecule has 8 nitrogen and oxygen atoms in total. The van der Waals surface area contributed by atoms with Gasteiger partial charge < -0.3 is 0 Å². The second kappa shape index (κ2) is 8.71. The smallest absolute Gasteiger partial charge is 0.271 e. The van der Waals surface area contributed by atoms with Crippen LogP contribution < -0.4 is 15.0 Å². The molecule has 0 aliphatic carbocycles. The Morgan fingerprint density at radius 3 is 2.22 bits per heavy atom. The molecule has 164 valence electrons. The Kier molecular flexibility index (Phi) is 5.98. The zero-order chi connectivity index (χ0) is 22.8. The number of fused-ring (bicyclic) bond motifs is 1. The lowest BCUT2D eigenvalue weighted by Gasteiger charge is -2.13. The monoisotopic (exact) mass is 487 g/mol. The molecule has 0 radical (unpaired) electrons. The molecule has 0 unspecified atom stereocenters. The van der Waals surface area contributed by atoms with Gasteiger partial charge >= 0.3 is 0 Å². The normalized spacial score (nSPS) is 11.9. The van der Waals surface area contributed by atoms with Gasteiger partial charge in [0.2, 0.25) is 0 Å². The number of thiophene rings is 1. The quantitative estimate of drug-likeness (QED) is 0.345. The Labute approximate surface area is 189 Å². The summed E-state index contributed by atoms with van der Waals surface area (Å²) in [5.41, 5.74) is 2.11. The largest absolute Gasteiger partial charge is 0.278 e. The number of rotatable bonds is 7. The number of para-hydroxylation sites is 1. The first-order valence-electron chi connectivity index (χ1n) is 9.23. The zero-order valence-electron chi connectivity index (χ0n) is 16.3. The van der Waals surface area contributed by atoms with Crippen LogP contribution in [-0.2, 0) is 20.0 Å². The molecule has 3 aromatic carbocycles. The number of amides is 1. The molecule has 1 heterocycles. The van der Waals surface area contributed by atoms with Crippen molar-refractivity contribution in [3.05, 3.63) is 89.8 Å². The SMILES string of the molecule is O=C(NNS(=O)(=O)c1ccc2ccccc2c1)c1ccccc1NS(=O)(=O)c1cccs1. The van der Waals surface area contributed by atoms with Crippen LogP contribution in [-0.4, -0.2) is 22.7 Å². The highest BCUT2D eigenvalue weighted by Gasteiger charge is 2.21. The molecule has 11 heteroatoms. The average Bonchev–Trinajstić information content (AvgIpc) is 3.33. The lowest BCUT2D eigenvalue weighted by molar-refractivity contribution is 0.0946. The number of hydrogen-bond acceptors (Lipinski definition) is 6. The number of nitrogens with one attached hydrogen (secondary N) is 3. The fourth-order valence-electron chi connectivity index (χ4n) is 2.96. The summed E-state index contributed by atoms with van der Waals surface area (Å²) < 4.78 is 52.7. The fraction of sp³-hybridized carbons (Fsp3) is 0. The van der Waals surface area contributed by atoms with E-state index in [4.69, 9.17) is 0 Å². The molecule has 0 bridgehead atoms. The Morgan fingerprint density at radius 2 is 1.47 bits per heavy atom. The molecule has 3 N–H and O–H groups in total. The van der Waals surface area contributed by atoms with E-state index in [-0.39, 0.29) is 20.4 Å². The van der Waals surface area contributed by atoms with Gasteiger partial charge in [0, 0.05) is 0 Å². The highest BCUT2D eigenvalue weighted by Crippen LogP contribution is 2.23. The molecule has 4 aromatic rings. The van der Waals surface area contributed by atoms with Crippen molar-refractivity contribution in [3.63, 3.8) is 0 Å². The van der Waals surface area contributed by atoms with E-state index in [0.29, 0.717) is 0 Å². The number of sulfonamides is 2. The van der Waals surface area contributed by atoms with Gasteiger partial charge in [0.1, 0.15) is 4.21 Å². The average molecular weight is 488 g/mol. The number of hydrazine groups is 1. The molecule has 0 saturated heterocycles. The fourth-order valence-corrected chi connectivity index (χ4v) is 5.90. The van der Waals surface area contributed by atoms with Crippen LogP contribution in [0.25, 0.3) is 10.8 Å². The number of carbonyl (C=O) groups excluding carboxylic acids is 1. The molecular weight excluding hydrogens is 470 g/mol. The predicted molar refractivity (Wildman–Crippen MR) is 123 cm³/mol. The van der Waals surface area contributed by atoms with Crippen LogP contribution in [0.1, 0.15) is 10.4 Å². The van der Waals surface area contributed by atoms with Gasteiger partial charge in [0.25, 0.3) is 26.0 Å². The second-order valence-corrected chi connectivity index (χ2v) is 11.2. The van der Waals surface area contributed by atoms with E-state index < -0.39 is 26.0 Å². The summed E-state index contributed by atoms with van der Waals surface area (Å²) in [7, 11) is -7.94. The van der Waals surface area contributed by atoms with E-state index in [1.807, 2.05) is 12.1 Å². The predicted octanol–water partition coefficient (Wildman–Crippen LogP) is 3.33. The summed E-state index contributed by atoms with van der Waals surface area (Å²) in [5, 5.41) is 3.23. The van der Waals surface area contributed by atoms with E-state index in [1.165, 1.54) is 36.4 Å².